The molecule has 2 aromatic rings. The minimum absolute atomic E-state index is 0.191. The molecule has 8 heteroatoms. The third kappa shape index (κ3) is 2.00. The van der Waals surface area contributed by atoms with Crippen LogP contribution in [0.15, 0.2) is 18.3 Å². The van der Waals surface area contributed by atoms with Crippen molar-refractivity contribution < 1.29 is 13.2 Å². The van der Waals surface area contributed by atoms with Gasteiger partial charge in [0.2, 0.25) is 5.82 Å². The van der Waals surface area contributed by atoms with Crippen LogP contribution in [0.25, 0.3) is 11.5 Å². The van der Waals surface area contributed by atoms with Crippen molar-refractivity contribution in [1.29, 1.82) is 0 Å². The number of tetrazole rings is 1. The highest BCUT2D eigenvalue weighted by Crippen LogP contribution is 2.29. The molecule has 0 saturated carbocycles. The maximum absolute atomic E-state index is 12.2. The molecule has 2 heterocycles. The number of halogens is 3. The molecule has 0 unspecified atom stereocenters. The first-order valence-corrected chi connectivity index (χ1v) is 4.24. The minimum atomic E-state index is -4.39. The summed E-state index contributed by atoms with van der Waals surface area (Å²) in [7, 11) is 1.56. The van der Waals surface area contributed by atoms with Gasteiger partial charge in [-0.1, -0.05) is 0 Å². The Balaban J connectivity index is 2.33. The summed E-state index contributed by atoms with van der Waals surface area (Å²) in [4.78, 5) is 4.83. The fourth-order valence-corrected chi connectivity index (χ4v) is 1.08. The van der Waals surface area contributed by atoms with Gasteiger partial charge < -0.3 is 0 Å². The molecule has 2 aromatic heterocycles. The molecule has 0 aliphatic heterocycles. The van der Waals surface area contributed by atoms with E-state index in [0.717, 1.165) is 12.3 Å². The Morgan fingerprint density at radius 2 is 2.00 bits per heavy atom. The van der Waals surface area contributed by atoms with E-state index in [2.05, 4.69) is 20.4 Å². The van der Waals surface area contributed by atoms with Gasteiger partial charge in [0, 0.05) is 6.20 Å². The molecule has 0 N–H and O–H groups in total. The molecular formula is C8H6F3N5. The Morgan fingerprint density at radius 3 is 2.44 bits per heavy atom. The second-order valence-electron chi connectivity index (χ2n) is 3.03. The first-order chi connectivity index (χ1) is 7.47. The quantitative estimate of drug-likeness (QED) is 0.739. The van der Waals surface area contributed by atoms with Gasteiger partial charge in [-0.2, -0.15) is 18.0 Å². The van der Waals surface area contributed by atoms with Crippen LogP contribution in [0.3, 0.4) is 0 Å². The normalized spacial score (nSPS) is 11.8. The molecule has 0 aromatic carbocycles. The van der Waals surface area contributed by atoms with E-state index in [4.69, 9.17) is 0 Å². The molecule has 0 fully saturated rings. The van der Waals surface area contributed by atoms with E-state index in [-0.39, 0.29) is 11.5 Å². The number of nitrogens with zero attached hydrogens (tertiary/aromatic N) is 5. The molecule has 0 bridgehead atoms. The Kier molecular flexibility index (Phi) is 2.33. The van der Waals surface area contributed by atoms with E-state index < -0.39 is 11.7 Å². The number of pyridine rings is 1. The van der Waals surface area contributed by atoms with Gasteiger partial charge in [-0.3, -0.25) is 4.98 Å². The molecule has 16 heavy (non-hydrogen) atoms. The molecular weight excluding hydrogens is 223 g/mol. The smallest absolute Gasteiger partial charge is 0.252 e. The maximum Gasteiger partial charge on any atom is 0.417 e. The van der Waals surface area contributed by atoms with Crippen molar-refractivity contribution in [2.45, 2.75) is 6.18 Å². The fourth-order valence-electron chi connectivity index (χ4n) is 1.08. The highest BCUT2D eigenvalue weighted by Gasteiger charge is 2.30. The molecule has 0 spiro atoms. The Morgan fingerprint density at radius 1 is 1.25 bits per heavy atom. The predicted molar refractivity (Wildman–Crippen MR) is 47.0 cm³/mol. The van der Waals surface area contributed by atoms with Crippen LogP contribution in [0, 0.1) is 0 Å². The third-order valence-corrected chi connectivity index (χ3v) is 1.83. The SMILES string of the molecule is Cn1nnc(-c2ccc(C(F)(F)F)cn2)n1. The van der Waals surface area contributed by atoms with Gasteiger partial charge >= 0.3 is 6.18 Å². The molecule has 0 aliphatic rings. The van der Waals surface area contributed by atoms with Gasteiger partial charge in [0.1, 0.15) is 5.69 Å². The van der Waals surface area contributed by atoms with Crippen LogP contribution >= 0.6 is 0 Å². The number of hydrogen-bond donors (Lipinski definition) is 0. The van der Waals surface area contributed by atoms with Gasteiger partial charge in [-0.05, 0) is 17.3 Å². The van der Waals surface area contributed by atoms with Crippen LogP contribution in [0.4, 0.5) is 13.2 Å². The summed E-state index contributed by atoms with van der Waals surface area (Å²) < 4.78 is 36.7. The average Bonchev–Trinajstić information content (AvgIpc) is 2.64. The first kappa shape index (κ1) is 10.5. The molecule has 0 amide bonds. The van der Waals surface area contributed by atoms with E-state index in [0.29, 0.717) is 0 Å². The Hall–Kier alpha value is -1.99. The summed E-state index contributed by atoms with van der Waals surface area (Å²) in [6, 6.07) is 2.14. The van der Waals surface area contributed by atoms with E-state index in [1.165, 1.54) is 10.9 Å². The van der Waals surface area contributed by atoms with Gasteiger partial charge in [0.15, 0.2) is 0 Å². The van der Waals surface area contributed by atoms with Crippen molar-refractivity contribution in [3.63, 3.8) is 0 Å². The lowest BCUT2D eigenvalue weighted by Gasteiger charge is -2.05. The van der Waals surface area contributed by atoms with Crippen LogP contribution in [-0.4, -0.2) is 25.2 Å². The second kappa shape index (κ2) is 3.54. The minimum Gasteiger partial charge on any atom is -0.252 e. The highest BCUT2D eigenvalue weighted by molar-refractivity contribution is 5.47. The molecule has 0 radical (unpaired) electrons. The average molecular weight is 229 g/mol. The lowest BCUT2D eigenvalue weighted by molar-refractivity contribution is -0.137. The number of hydrogen-bond acceptors (Lipinski definition) is 4. The summed E-state index contributed by atoms with van der Waals surface area (Å²) in [6.45, 7) is 0. The molecule has 0 aliphatic carbocycles. The monoisotopic (exact) mass is 229 g/mol. The van der Waals surface area contributed by atoms with Crippen LogP contribution in [0.1, 0.15) is 5.56 Å². The lowest BCUT2D eigenvalue weighted by atomic mass is 10.2. The van der Waals surface area contributed by atoms with E-state index in [9.17, 15) is 13.2 Å². The largest absolute Gasteiger partial charge is 0.417 e. The van der Waals surface area contributed by atoms with Crippen molar-refractivity contribution in [3.05, 3.63) is 23.9 Å². The third-order valence-electron chi connectivity index (χ3n) is 1.83. The van der Waals surface area contributed by atoms with Crippen LogP contribution in [0.2, 0.25) is 0 Å². The Bertz CT molecular complexity index is 487. The summed E-state index contributed by atoms with van der Waals surface area (Å²) in [5.41, 5.74) is -0.554. The van der Waals surface area contributed by atoms with Gasteiger partial charge in [0.05, 0.1) is 12.6 Å². The zero-order valence-corrected chi connectivity index (χ0v) is 8.10. The van der Waals surface area contributed by atoms with Crippen LogP contribution in [-0.2, 0) is 13.2 Å². The summed E-state index contributed by atoms with van der Waals surface area (Å²) in [6.07, 6.45) is -3.65. The fraction of sp³-hybridized carbons (Fsp3) is 0.250. The van der Waals surface area contributed by atoms with Gasteiger partial charge in [-0.25, -0.2) is 0 Å². The standard InChI is InChI=1S/C8H6F3N5/c1-16-14-7(13-15-16)6-3-2-5(4-12-6)8(9,10)11/h2-4H,1H3. The zero-order chi connectivity index (χ0) is 11.8. The maximum atomic E-state index is 12.2. The Labute approximate surface area is 87.9 Å². The molecule has 0 atom stereocenters. The summed E-state index contributed by atoms with van der Waals surface area (Å²) in [5.74, 6) is 0.191. The second-order valence-corrected chi connectivity index (χ2v) is 3.03. The van der Waals surface area contributed by atoms with Gasteiger partial charge in [-0.15, -0.1) is 10.2 Å². The van der Waals surface area contributed by atoms with Crippen molar-refractivity contribution in [2.75, 3.05) is 0 Å². The molecule has 2 rings (SSSR count). The number of aryl methyl sites for hydroxylation is 1. The van der Waals surface area contributed by atoms with E-state index in [1.807, 2.05) is 0 Å². The predicted octanol–water partition coefficient (Wildman–Crippen LogP) is 1.29. The van der Waals surface area contributed by atoms with Crippen LogP contribution < -0.4 is 0 Å². The topological polar surface area (TPSA) is 56.5 Å². The zero-order valence-electron chi connectivity index (χ0n) is 8.10. The number of aromatic nitrogens is 5. The van der Waals surface area contributed by atoms with Gasteiger partial charge in [0.25, 0.3) is 0 Å². The van der Waals surface area contributed by atoms with E-state index in [1.54, 1.807) is 7.05 Å². The van der Waals surface area contributed by atoms with Crippen molar-refractivity contribution >= 4 is 0 Å². The highest BCUT2D eigenvalue weighted by atomic mass is 19.4. The molecule has 5 nitrogen and oxygen atoms in total. The van der Waals surface area contributed by atoms with Crippen molar-refractivity contribution in [1.82, 2.24) is 25.2 Å². The lowest BCUT2D eigenvalue weighted by Crippen LogP contribution is -2.05. The van der Waals surface area contributed by atoms with Crippen LogP contribution in [0.5, 0.6) is 0 Å². The number of alkyl halides is 3. The molecule has 84 valence electrons. The van der Waals surface area contributed by atoms with E-state index >= 15 is 0 Å². The van der Waals surface area contributed by atoms with Crippen molar-refractivity contribution in [2.24, 2.45) is 7.05 Å². The first-order valence-electron chi connectivity index (χ1n) is 4.24. The van der Waals surface area contributed by atoms with Crippen molar-refractivity contribution in [3.8, 4) is 11.5 Å². The summed E-state index contributed by atoms with van der Waals surface area (Å²) >= 11 is 0. The number of rotatable bonds is 1. The molecule has 0 saturated heterocycles. The summed E-state index contributed by atoms with van der Waals surface area (Å²) in [5, 5.41) is 11.0.